The van der Waals surface area contributed by atoms with Gasteiger partial charge in [-0.3, -0.25) is 0 Å². The molecule has 0 aromatic heterocycles. The fourth-order valence-corrected chi connectivity index (χ4v) is 3.38. The van der Waals surface area contributed by atoms with Crippen molar-refractivity contribution in [1.29, 1.82) is 0 Å². The Morgan fingerprint density at radius 3 is 1.22 bits per heavy atom. The highest BCUT2D eigenvalue weighted by Gasteiger charge is 2.11. The first-order chi connectivity index (χ1) is 15.5. The average Bonchev–Trinajstić information content (AvgIpc) is 2.81. The smallest absolute Gasteiger partial charge is 0.344 e. The molecule has 32 heavy (non-hydrogen) atoms. The maximum absolute atomic E-state index is 11.5. The number of carbonyl (C=O) groups excluding carboxylic acids is 2. The molecule has 2 aromatic rings. The summed E-state index contributed by atoms with van der Waals surface area (Å²) in [4.78, 5) is 22.9. The molecule has 0 amide bonds. The number of ether oxygens (including phenoxy) is 4. The van der Waals surface area contributed by atoms with E-state index >= 15 is 0 Å². The number of hydrogen-bond acceptors (Lipinski definition) is 6. The van der Waals surface area contributed by atoms with Crippen molar-refractivity contribution in [2.45, 2.75) is 40.5 Å². The Kier molecular flexibility index (Phi) is 10.3. The van der Waals surface area contributed by atoms with Crippen LogP contribution in [0.1, 0.15) is 51.7 Å². The van der Waals surface area contributed by atoms with Gasteiger partial charge in [-0.2, -0.15) is 0 Å². The summed E-state index contributed by atoms with van der Waals surface area (Å²) in [7, 11) is 0. The lowest BCUT2D eigenvalue weighted by molar-refractivity contribution is -0.146. The van der Waals surface area contributed by atoms with E-state index in [1.807, 2.05) is 48.5 Å². The van der Waals surface area contributed by atoms with Crippen LogP contribution in [0.5, 0.6) is 11.5 Å². The van der Waals surface area contributed by atoms with Crippen molar-refractivity contribution >= 4 is 23.1 Å². The number of rotatable bonds is 12. The van der Waals surface area contributed by atoms with Crippen molar-refractivity contribution in [3.8, 4) is 11.5 Å². The van der Waals surface area contributed by atoms with Crippen LogP contribution in [-0.2, 0) is 19.1 Å². The highest BCUT2D eigenvalue weighted by molar-refractivity contribution is 5.90. The zero-order chi connectivity index (χ0) is 23.3. The number of benzene rings is 2. The molecule has 6 nitrogen and oxygen atoms in total. The predicted molar refractivity (Wildman–Crippen MR) is 125 cm³/mol. The van der Waals surface area contributed by atoms with Gasteiger partial charge < -0.3 is 18.9 Å². The Bertz CT molecular complexity index is 821. The fourth-order valence-electron chi connectivity index (χ4n) is 3.38. The highest BCUT2D eigenvalue weighted by Crippen LogP contribution is 2.33. The molecule has 0 fully saturated rings. The van der Waals surface area contributed by atoms with Gasteiger partial charge >= 0.3 is 11.9 Å². The second kappa shape index (κ2) is 13.2. The van der Waals surface area contributed by atoms with Crippen LogP contribution in [0.25, 0.3) is 11.1 Å². The van der Waals surface area contributed by atoms with Gasteiger partial charge in [0.15, 0.2) is 13.2 Å². The van der Waals surface area contributed by atoms with Gasteiger partial charge in [-0.25, -0.2) is 9.59 Å². The molecule has 0 saturated heterocycles. The molecule has 0 aliphatic heterocycles. The standard InChI is InChI=1S/C26H32O6/c1-5-23(19-9-13-21(14-10-19)31-17-25(27)29-7-3)24(6-2)20-11-15-22(16-12-20)32-18-26(28)30-8-4/h9-16H,5-8,17-18H2,1-4H3/b24-23-. The van der Waals surface area contributed by atoms with E-state index in [-0.39, 0.29) is 25.2 Å². The van der Waals surface area contributed by atoms with Crippen LogP contribution in [0.15, 0.2) is 48.5 Å². The summed E-state index contributed by atoms with van der Waals surface area (Å²) in [5, 5.41) is 0. The minimum Gasteiger partial charge on any atom is -0.482 e. The maximum Gasteiger partial charge on any atom is 0.344 e. The lowest BCUT2D eigenvalue weighted by atomic mass is 9.91. The molecule has 0 atom stereocenters. The van der Waals surface area contributed by atoms with E-state index in [9.17, 15) is 9.59 Å². The van der Waals surface area contributed by atoms with Gasteiger partial charge in [0.1, 0.15) is 11.5 Å². The van der Waals surface area contributed by atoms with E-state index in [1.54, 1.807) is 13.8 Å². The maximum atomic E-state index is 11.5. The SMILES string of the molecule is CCOC(=O)COc1ccc(/C(CC)=C(/CC)c2ccc(OCC(=O)OCC)cc2)cc1. The third-order valence-corrected chi connectivity index (χ3v) is 4.80. The van der Waals surface area contributed by atoms with Gasteiger partial charge in [0.25, 0.3) is 0 Å². The van der Waals surface area contributed by atoms with Crippen LogP contribution in [-0.4, -0.2) is 38.4 Å². The minimum atomic E-state index is -0.381. The first kappa shape index (κ1) is 25.0. The molecule has 2 aromatic carbocycles. The summed E-state index contributed by atoms with van der Waals surface area (Å²) in [5.41, 5.74) is 4.69. The molecule has 0 spiro atoms. The third kappa shape index (κ3) is 7.45. The summed E-state index contributed by atoms with van der Waals surface area (Å²) in [5.74, 6) is 0.485. The molecule has 0 unspecified atom stereocenters. The Hall–Kier alpha value is -3.28. The van der Waals surface area contributed by atoms with E-state index in [0.717, 1.165) is 24.0 Å². The van der Waals surface area contributed by atoms with Gasteiger partial charge in [-0.05, 0) is 73.2 Å². The van der Waals surface area contributed by atoms with Crippen molar-refractivity contribution in [3.05, 3.63) is 59.7 Å². The van der Waals surface area contributed by atoms with Crippen molar-refractivity contribution in [1.82, 2.24) is 0 Å². The van der Waals surface area contributed by atoms with Gasteiger partial charge in [0.05, 0.1) is 13.2 Å². The van der Waals surface area contributed by atoms with Crippen LogP contribution in [0, 0.1) is 0 Å². The summed E-state index contributed by atoms with van der Waals surface area (Å²) in [6.45, 7) is 8.26. The Balaban J connectivity index is 2.14. The summed E-state index contributed by atoms with van der Waals surface area (Å²) in [6, 6.07) is 15.5. The predicted octanol–water partition coefficient (Wildman–Crippen LogP) is 5.30. The number of allylic oxidation sites excluding steroid dienone is 2. The average molecular weight is 441 g/mol. The summed E-state index contributed by atoms with van der Waals surface area (Å²) < 4.78 is 20.7. The zero-order valence-corrected chi connectivity index (χ0v) is 19.3. The first-order valence-corrected chi connectivity index (χ1v) is 11.0. The van der Waals surface area contributed by atoms with E-state index in [1.165, 1.54) is 11.1 Å². The topological polar surface area (TPSA) is 71.1 Å². The number of hydrogen-bond donors (Lipinski definition) is 0. The second-order valence-electron chi connectivity index (χ2n) is 6.90. The lowest BCUT2D eigenvalue weighted by Gasteiger charge is -2.15. The molecule has 0 aliphatic rings. The molecule has 0 bridgehead atoms. The van der Waals surface area contributed by atoms with Crippen molar-refractivity contribution < 1.29 is 28.5 Å². The third-order valence-electron chi connectivity index (χ3n) is 4.80. The molecule has 0 heterocycles. The van der Waals surface area contributed by atoms with Gasteiger partial charge in [-0.1, -0.05) is 38.1 Å². The van der Waals surface area contributed by atoms with E-state index in [0.29, 0.717) is 24.7 Å². The molecule has 0 saturated carbocycles. The fraction of sp³-hybridized carbons (Fsp3) is 0.385. The van der Waals surface area contributed by atoms with Crippen molar-refractivity contribution in [2.24, 2.45) is 0 Å². The minimum absolute atomic E-state index is 0.103. The van der Waals surface area contributed by atoms with E-state index in [2.05, 4.69) is 13.8 Å². The van der Waals surface area contributed by atoms with Gasteiger partial charge in [0, 0.05) is 0 Å². The van der Waals surface area contributed by atoms with Crippen LogP contribution in [0.2, 0.25) is 0 Å². The van der Waals surface area contributed by atoms with Crippen LogP contribution in [0.4, 0.5) is 0 Å². The van der Waals surface area contributed by atoms with Crippen LogP contribution in [0.3, 0.4) is 0 Å². The molecule has 172 valence electrons. The molecule has 0 radical (unpaired) electrons. The Morgan fingerprint density at radius 1 is 0.594 bits per heavy atom. The highest BCUT2D eigenvalue weighted by atomic mass is 16.6. The second-order valence-corrected chi connectivity index (χ2v) is 6.90. The van der Waals surface area contributed by atoms with Crippen molar-refractivity contribution in [3.63, 3.8) is 0 Å². The Labute approximate surface area is 190 Å². The molecule has 2 rings (SSSR count). The zero-order valence-electron chi connectivity index (χ0n) is 19.3. The van der Waals surface area contributed by atoms with Crippen molar-refractivity contribution in [2.75, 3.05) is 26.4 Å². The normalized spacial score (nSPS) is 11.4. The number of carbonyl (C=O) groups is 2. The lowest BCUT2D eigenvalue weighted by Crippen LogP contribution is -2.14. The monoisotopic (exact) mass is 440 g/mol. The molecular formula is C26H32O6. The van der Waals surface area contributed by atoms with Crippen LogP contribution < -0.4 is 9.47 Å². The van der Waals surface area contributed by atoms with E-state index in [4.69, 9.17) is 18.9 Å². The quantitative estimate of drug-likeness (QED) is 0.329. The van der Waals surface area contributed by atoms with Crippen LogP contribution >= 0.6 is 0 Å². The molecule has 0 N–H and O–H groups in total. The number of esters is 2. The molecule has 0 aliphatic carbocycles. The van der Waals surface area contributed by atoms with Gasteiger partial charge in [-0.15, -0.1) is 0 Å². The molecular weight excluding hydrogens is 408 g/mol. The summed E-state index contributed by atoms with van der Waals surface area (Å²) in [6.07, 6.45) is 1.74. The summed E-state index contributed by atoms with van der Waals surface area (Å²) >= 11 is 0. The Morgan fingerprint density at radius 2 is 0.938 bits per heavy atom. The van der Waals surface area contributed by atoms with Gasteiger partial charge in [0.2, 0.25) is 0 Å². The van der Waals surface area contributed by atoms with E-state index < -0.39 is 0 Å². The largest absolute Gasteiger partial charge is 0.482 e. The molecule has 6 heteroatoms. The first-order valence-electron chi connectivity index (χ1n) is 11.0.